The van der Waals surface area contributed by atoms with E-state index in [1.165, 1.54) is 50.5 Å². The monoisotopic (exact) mass is 242 g/mol. The van der Waals surface area contributed by atoms with Crippen LogP contribution in [-0.2, 0) is 5.41 Å². The standard InChI is InChI=1S/C15H20N3/c1-15(10-5-3-2-4-6-11-15)12-8-7-9-13-14(12)17-18-16-13/h7-9H,2-6,10-11H2,1H3. The van der Waals surface area contributed by atoms with Gasteiger partial charge in [0.1, 0.15) is 11.4 Å². The Morgan fingerprint density at radius 2 is 1.72 bits per heavy atom. The summed E-state index contributed by atoms with van der Waals surface area (Å²) in [6.07, 6.45) is 9.33. The Labute approximate surface area is 109 Å². The van der Waals surface area contributed by atoms with Crippen molar-refractivity contribution in [1.29, 1.82) is 0 Å². The summed E-state index contributed by atoms with van der Waals surface area (Å²) in [5.74, 6) is 0. The summed E-state index contributed by atoms with van der Waals surface area (Å²) < 4.78 is 0. The van der Waals surface area contributed by atoms with Crippen molar-refractivity contribution in [3.05, 3.63) is 23.8 Å². The molecule has 1 heterocycles. The first-order valence-corrected chi connectivity index (χ1v) is 7.05. The van der Waals surface area contributed by atoms with Crippen molar-refractivity contribution < 1.29 is 0 Å². The number of benzene rings is 1. The van der Waals surface area contributed by atoms with Crippen molar-refractivity contribution in [2.45, 2.75) is 57.3 Å². The second-order valence-electron chi connectivity index (χ2n) is 5.79. The third-order valence-electron chi connectivity index (χ3n) is 4.42. The molecule has 0 unspecified atom stereocenters. The van der Waals surface area contributed by atoms with E-state index in [2.05, 4.69) is 34.8 Å². The average molecular weight is 242 g/mol. The highest BCUT2D eigenvalue weighted by molar-refractivity contribution is 5.68. The number of nitrogens with zero attached hydrogens (tertiary/aromatic N) is 3. The van der Waals surface area contributed by atoms with Gasteiger partial charge in [0.05, 0.1) is 0 Å². The molecule has 0 amide bonds. The predicted octanol–water partition coefficient (Wildman–Crippen LogP) is 4.94. The highest BCUT2D eigenvalue weighted by Crippen LogP contribution is 2.45. The van der Waals surface area contributed by atoms with Gasteiger partial charge in [0.15, 0.2) is 0 Å². The number of hydrogen-bond donors (Lipinski definition) is 0. The Bertz CT molecular complexity index is 457. The van der Waals surface area contributed by atoms with Crippen molar-refractivity contribution in [2.24, 2.45) is 10.3 Å². The molecule has 95 valence electrons. The molecule has 2 aliphatic rings. The first-order chi connectivity index (χ1) is 8.80. The minimum absolute atomic E-state index is 0.255. The summed E-state index contributed by atoms with van der Waals surface area (Å²) >= 11 is 0. The largest absolute Gasteiger partial charge is 0.128 e. The van der Waals surface area contributed by atoms with E-state index in [0.29, 0.717) is 0 Å². The van der Waals surface area contributed by atoms with Gasteiger partial charge in [-0.1, -0.05) is 51.2 Å². The van der Waals surface area contributed by atoms with Gasteiger partial charge in [-0.2, -0.15) is 0 Å². The van der Waals surface area contributed by atoms with Crippen LogP contribution in [0.25, 0.3) is 0 Å². The fourth-order valence-corrected chi connectivity index (χ4v) is 3.27. The molecule has 1 aliphatic carbocycles. The highest BCUT2D eigenvalue weighted by atomic mass is 15.5. The second-order valence-corrected chi connectivity index (χ2v) is 5.79. The van der Waals surface area contributed by atoms with Gasteiger partial charge < -0.3 is 0 Å². The Morgan fingerprint density at radius 3 is 2.50 bits per heavy atom. The van der Waals surface area contributed by atoms with Crippen LogP contribution in [0.4, 0.5) is 11.4 Å². The third-order valence-corrected chi connectivity index (χ3v) is 4.42. The lowest BCUT2D eigenvalue weighted by Crippen LogP contribution is -2.23. The summed E-state index contributed by atoms with van der Waals surface area (Å²) in [7, 11) is 0. The topological polar surface area (TPSA) is 38.8 Å². The van der Waals surface area contributed by atoms with E-state index < -0.39 is 0 Å². The van der Waals surface area contributed by atoms with Crippen LogP contribution in [-0.4, -0.2) is 0 Å². The number of rotatable bonds is 1. The van der Waals surface area contributed by atoms with E-state index in [9.17, 15) is 0 Å². The van der Waals surface area contributed by atoms with Crippen LogP contribution in [0.2, 0.25) is 0 Å². The number of fused-ring (bicyclic) bond motifs is 1. The fraction of sp³-hybridized carbons (Fsp3) is 0.600. The van der Waals surface area contributed by atoms with Gasteiger partial charge in [-0.05, 0) is 35.1 Å². The van der Waals surface area contributed by atoms with Crippen LogP contribution in [0.15, 0.2) is 28.5 Å². The van der Waals surface area contributed by atoms with Crippen molar-refractivity contribution in [3.8, 4) is 0 Å². The van der Waals surface area contributed by atoms with E-state index in [0.717, 1.165) is 11.4 Å². The van der Waals surface area contributed by atoms with Crippen molar-refractivity contribution in [2.75, 3.05) is 0 Å². The van der Waals surface area contributed by atoms with Crippen LogP contribution >= 0.6 is 0 Å². The lowest BCUT2D eigenvalue weighted by molar-refractivity contribution is 0.341. The molecule has 0 saturated heterocycles. The molecule has 1 saturated carbocycles. The van der Waals surface area contributed by atoms with Crippen LogP contribution in [0.3, 0.4) is 0 Å². The van der Waals surface area contributed by atoms with Gasteiger partial charge in [-0.3, -0.25) is 0 Å². The van der Waals surface area contributed by atoms with Crippen molar-refractivity contribution in [1.82, 2.24) is 5.43 Å². The summed E-state index contributed by atoms with van der Waals surface area (Å²) in [5, 5.41) is 8.06. The predicted molar refractivity (Wildman–Crippen MR) is 72.4 cm³/mol. The Morgan fingerprint density at radius 1 is 1.00 bits per heavy atom. The maximum atomic E-state index is 4.23. The first kappa shape index (κ1) is 11.7. The molecular formula is C15H20N3. The zero-order valence-corrected chi connectivity index (χ0v) is 11.0. The molecule has 0 aromatic heterocycles. The lowest BCUT2D eigenvalue weighted by Gasteiger charge is -2.32. The molecule has 0 spiro atoms. The highest BCUT2D eigenvalue weighted by Gasteiger charge is 2.31. The molecule has 0 atom stereocenters. The second kappa shape index (κ2) is 4.71. The molecule has 3 rings (SSSR count). The first-order valence-electron chi connectivity index (χ1n) is 7.05. The van der Waals surface area contributed by atoms with Crippen LogP contribution in [0.5, 0.6) is 0 Å². The molecule has 18 heavy (non-hydrogen) atoms. The molecule has 3 nitrogen and oxygen atoms in total. The van der Waals surface area contributed by atoms with Gasteiger partial charge >= 0.3 is 0 Å². The van der Waals surface area contributed by atoms with Crippen LogP contribution in [0, 0.1) is 0 Å². The smallest absolute Gasteiger partial charge is 0.119 e. The molecular weight excluding hydrogens is 222 g/mol. The minimum atomic E-state index is 0.255. The zero-order chi connectivity index (χ0) is 12.4. The Balaban J connectivity index is 1.96. The van der Waals surface area contributed by atoms with Crippen LogP contribution < -0.4 is 5.43 Å². The Kier molecular flexibility index (Phi) is 3.06. The normalized spacial score (nSPS) is 21.8. The molecule has 1 aromatic rings. The third kappa shape index (κ3) is 2.02. The Hall–Kier alpha value is -1.38. The average Bonchev–Trinajstić information content (AvgIpc) is 2.82. The lowest BCUT2D eigenvalue weighted by atomic mass is 9.72. The van der Waals surface area contributed by atoms with E-state index >= 15 is 0 Å². The van der Waals surface area contributed by atoms with Crippen molar-refractivity contribution >= 4 is 11.4 Å². The summed E-state index contributed by atoms with van der Waals surface area (Å²) in [6.45, 7) is 2.39. The number of hydrogen-bond acceptors (Lipinski definition) is 2. The molecule has 0 N–H and O–H groups in total. The van der Waals surface area contributed by atoms with Gasteiger partial charge in [0.2, 0.25) is 0 Å². The zero-order valence-electron chi connectivity index (χ0n) is 11.0. The van der Waals surface area contributed by atoms with E-state index in [1.54, 1.807) is 0 Å². The van der Waals surface area contributed by atoms with E-state index in [4.69, 9.17) is 0 Å². The fourth-order valence-electron chi connectivity index (χ4n) is 3.27. The van der Waals surface area contributed by atoms with E-state index in [-0.39, 0.29) is 5.41 Å². The van der Waals surface area contributed by atoms with E-state index in [1.807, 2.05) is 6.07 Å². The maximum absolute atomic E-state index is 4.23. The molecule has 1 fully saturated rings. The van der Waals surface area contributed by atoms with Gasteiger partial charge in [-0.25, -0.2) is 0 Å². The summed E-state index contributed by atoms with van der Waals surface area (Å²) in [6, 6.07) is 6.32. The SMILES string of the molecule is CC1(c2cccc3c2N=N[N]3)CCCCCCC1. The quantitative estimate of drug-likeness (QED) is 0.669. The maximum Gasteiger partial charge on any atom is 0.119 e. The molecule has 1 radical (unpaired) electrons. The summed E-state index contributed by atoms with van der Waals surface area (Å²) in [4.78, 5) is 0. The minimum Gasteiger partial charge on any atom is -0.128 e. The van der Waals surface area contributed by atoms with Crippen LogP contribution in [0.1, 0.15) is 57.4 Å². The summed E-state index contributed by atoms with van der Waals surface area (Å²) in [5.41, 5.74) is 7.65. The molecule has 0 bridgehead atoms. The van der Waals surface area contributed by atoms with Gasteiger partial charge in [0, 0.05) is 0 Å². The molecule has 1 aliphatic heterocycles. The molecule has 1 aromatic carbocycles. The van der Waals surface area contributed by atoms with Gasteiger partial charge in [-0.15, -0.1) is 10.5 Å². The van der Waals surface area contributed by atoms with Gasteiger partial charge in [0.25, 0.3) is 0 Å². The molecule has 3 heteroatoms. The van der Waals surface area contributed by atoms with Crippen molar-refractivity contribution in [3.63, 3.8) is 0 Å².